The Labute approximate surface area is 151 Å². The molecule has 0 fully saturated rings. The summed E-state index contributed by atoms with van der Waals surface area (Å²) in [7, 11) is -7.22. The lowest BCUT2D eigenvalue weighted by molar-refractivity contribution is 0.566. The van der Waals surface area contributed by atoms with Crippen LogP contribution in [0.2, 0.25) is 10.0 Å². The average molecular weight is 408 g/mol. The van der Waals surface area contributed by atoms with Crippen LogP contribution < -0.4 is 4.72 Å². The first-order chi connectivity index (χ1) is 11.0. The summed E-state index contributed by atoms with van der Waals surface area (Å²) in [5.74, 6) is 0. The molecule has 9 heteroatoms. The van der Waals surface area contributed by atoms with Gasteiger partial charge in [0.25, 0.3) is 0 Å². The molecule has 1 atom stereocenters. The van der Waals surface area contributed by atoms with Gasteiger partial charge in [0.05, 0.1) is 9.79 Å². The largest absolute Gasteiger partial charge is 0.241 e. The van der Waals surface area contributed by atoms with Crippen molar-refractivity contribution >= 4 is 43.1 Å². The third-order valence-corrected chi connectivity index (χ3v) is 6.57. The maximum Gasteiger partial charge on any atom is 0.241 e. The Morgan fingerprint density at radius 2 is 1.46 bits per heavy atom. The van der Waals surface area contributed by atoms with Crippen LogP contribution in [0.4, 0.5) is 0 Å². The quantitative estimate of drug-likeness (QED) is 0.822. The molecule has 24 heavy (non-hydrogen) atoms. The second kappa shape index (κ2) is 7.01. The number of hydrogen-bond donors (Lipinski definition) is 1. The van der Waals surface area contributed by atoms with E-state index in [1.165, 1.54) is 30.3 Å². The van der Waals surface area contributed by atoms with Crippen LogP contribution in [0.25, 0.3) is 0 Å². The molecule has 0 saturated heterocycles. The fraction of sp³-hybridized carbons (Fsp3) is 0.200. The van der Waals surface area contributed by atoms with Gasteiger partial charge in [0.1, 0.15) is 0 Å². The Balaban J connectivity index is 2.27. The predicted octanol–water partition coefficient (Wildman–Crippen LogP) is 3.44. The minimum Gasteiger partial charge on any atom is -0.224 e. The lowest BCUT2D eigenvalue weighted by Crippen LogP contribution is -2.27. The molecular formula is C15H15Cl2NO4S2. The molecule has 5 nitrogen and oxygen atoms in total. The van der Waals surface area contributed by atoms with E-state index in [1.54, 1.807) is 19.1 Å². The van der Waals surface area contributed by atoms with Crippen LogP contribution >= 0.6 is 23.2 Å². The number of benzene rings is 2. The molecule has 2 aromatic carbocycles. The van der Waals surface area contributed by atoms with Crippen LogP contribution in [-0.4, -0.2) is 23.1 Å². The van der Waals surface area contributed by atoms with Crippen LogP contribution in [0.5, 0.6) is 0 Å². The lowest BCUT2D eigenvalue weighted by Gasteiger charge is -2.16. The van der Waals surface area contributed by atoms with Gasteiger partial charge in [0, 0.05) is 22.3 Å². The number of nitrogens with one attached hydrogen (secondary N) is 1. The van der Waals surface area contributed by atoms with E-state index < -0.39 is 25.9 Å². The van der Waals surface area contributed by atoms with Crippen LogP contribution in [0.1, 0.15) is 18.5 Å². The Bertz CT molecular complexity index is 955. The van der Waals surface area contributed by atoms with Gasteiger partial charge < -0.3 is 0 Å². The highest BCUT2D eigenvalue weighted by atomic mass is 35.5. The highest BCUT2D eigenvalue weighted by Gasteiger charge is 2.20. The van der Waals surface area contributed by atoms with E-state index in [0.29, 0.717) is 15.6 Å². The molecule has 0 bridgehead atoms. The topological polar surface area (TPSA) is 80.3 Å². The molecule has 0 radical (unpaired) electrons. The van der Waals surface area contributed by atoms with Crippen LogP contribution in [0.15, 0.2) is 52.3 Å². The van der Waals surface area contributed by atoms with E-state index >= 15 is 0 Å². The van der Waals surface area contributed by atoms with Crippen molar-refractivity contribution in [2.24, 2.45) is 0 Å². The molecule has 0 aromatic heterocycles. The van der Waals surface area contributed by atoms with E-state index in [9.17, 15) is 16.8 Å². The van der Waals surface area contributed by atoms with E-state index in [1.807, 2.05) is 0 Å². The molecule has 1 unspecified atom stereocenters. The minimum atomic E-state index is -3.83. The van der Waals surface area contributed by atoms with Crippen molar-refractivity contribution in [2.75, 3.05) is 6.26 Å². The number of sulfonamides is 1. The zero-order valence-electron chi connectivity index (χ0n) is 12.8. The normalized spacial score (nSPS) is 13.7. The van der Waals surface area contributed by atoms with Gasteiger partial charge in [-0.15, -0.1) is 0 Å². The number of sulfone groups is 1. The zero-order valence-corrected chi connectivity index (χ0v) is 16.0. The first-order valence-electron chi connectivity index (χ1n) is 6.78. The molecule has 0 aliphatic heterocycles. The van der Waals surface area contributed by atoms with Crippen LogP contribution in [-0.2, 0) is 19.9 Å². The third-order valence-electron chi connectivity index (χ3n) is 3.32. The highest BCUT2D eigenvalue weighted by Crippen LogP contribution is 2.27. The molecule has 2 rings (SSSR count). The lowest BCUT2D eigenvalue weighted by atomic mass is 10.1. The third kappa shape index (κ3) is 4.49. The van der Waals surface area contributed by atoms with Gasteiger partial charge in [0.2, 0.25) is 10.0 Å². The summed E-state index contributed by atoms with van der Waals surface area (Å²) < 4.78 is 50.2. The van der Waals surface area contributed by atoms with E-state index in [0.717, 1.165) is 6.26 Å². The van der Waals surface area contributed by atoms with Gasteiger partial charge in [-0.3, -0.25) is 0 Å². The van der Waals surface area contributed by atoms with E-state index in [-0.39, 0.29) is 9.79 Å². The Kier molecular flexibility index (Phi) is 5.61. The van der Waals surface area contributed by atoms with Crippen molar-refractivity contribution in [1.82, 2.24) is 4.72 Å². The smallest absolute Gasteiger partial charge is 0.224 e. The van der Waals surface area contributed by atoms with Crippen molar-refractivity contribution < 1.29 is 16.8 Å². The van der Waals surface area contributed by atoms with E-state index in [4.69, 9.17) is 23.2 Å². The first-order valence-corrected chi connectivity index (χ1v) is 10.9. The monoisotopic (exact) mass is 407 g/mol. The second-order valence-corrected chi connectivity index (χ2v) is 9.83. The molecule has 2 aromatic rings. The minimum absolute atomic E-state index is 0.0353. The summed E-state index contributed by atoms with van der Waals surface area (Å²) >= 11 is 11.9. The van der Waals surface area contributed by atoms with Crippen molar-refractivity contribution in [2.45, 2.75) is 22.8 Å². The molecular weight excluding hydrogens is 393 g/mol. The zero-order chi connectivity index (χ0) is 18.1. The fourth-order valence-corrected chi connectivity index (χ4v) is 4.51. The Morgan fingerprint density at radius 3 is 1.96 bits per heavy atom. The highest BCUT2D eigenvalue weighted by molar-refractivity contribution is 7.90. The maximum absolute atomic E-state index is 12.4. The van der Waals surface area contributed by atoms with Gasteiger partial charge in [-0.05, 0) is 48.9 Å². The van der Waals surface area contributed by atoms with Crippen LogP contribution in [0.3, 0.4) is 0 Å². The SMILES string of the molecule is CC(NS(=O)(=O)c1ccc(S(C)(=O)=O)cc1)c1ccc(Cl)cc1Cl. The standard InChI is InChI=1S/C15H15Cl2NO4S2/c1-10(14-8-3-11(16)9-15(14)17)18-24(21,22)13-6-4-12(5-7-13)23(2,19)20/h3-10,18H,1-2H3. The number of hydrogen-bond acceptors (Lipinski definition) is 4. The molecule has 130 valence electrons. The van der Waals surface area contributed by atoms with Gasteiger partial charge >= 0.3 is 0 Å². The van der Waals surface area contributed by atoms with Crippen molar-refractivity contribution in [1.29, 1.82) is 0 Å². The van der Waals surface area contributed by atoms with Crippen molar-refractivity contribution in [3.05, 3.63) is 58.1 Å². The second-order valence-electron chi connectivity index (χ2n) is 5.25. The van der Waals surface area contributed by atoms with Crippen molar-refractivity contribution in [3.63, 3.8) is 0 Å². The summed E-state index contributed by atoms with van der Waals surface area (Å²) in [6.45, 7) is 1.65. The van der Waals surface area contributed by atoms with E-state index in [2.05, 4.69) is 4.72 Å². The molecule has 0 aliphatic rings. The van der Waals surface area contributed by atoms with Gasteiger partial charge in [-0.25, -0.2) is 21.6 Å². The maximum atomic E-state index is 12.4. The number of halogens is 2. The van der Waals surface area contributed by atoms with Crippen LogP contribution in [0, 0.1) is 0 Å². The van der Waals surface area contributed by atoms with Gasteiger partial charge in [0.15, 0.2) is 9.84 Å². The predicted molar refractivity (Wildman–Crippen MR) is 94.8 cm³/mol. The van der Waals surface area contributed by atoms with Gasteiger partial charge in [-0.1, -0.05) is 29.3 Å². The molecule has 1 N–H and O–H groups in total. The van der Waals surface area contributed by atoms with Crippen molar-refractivity contribution in [3.8, 4) is 0 Å². The molecule has 0 heterocycles. The summed E-state index contributed by atoms with van der Waals surface area (Å²) in [4.78, 5) is 0.0158. The molecule has 0 spiro atoms. The van der Waals surface area contributed by atoms with Gasteiger partial charge in [-0.2, -0.15) is 0 Å². The Morgan fingerprint density at radius 1 is 0.917 bits per heavy atom. The number of rotatable bonds is 5. The fourth-order valence-electron chi connectivity index (χ4n) is 2.08. The average Bonchev–Trinajstić information content (AvgIpc) is 2.45. The summed E-state index contributed by atoms with van der Waals surface area (Å²) in [6.07, 6.45) is 1.05. The molecule has 0 aliphatic carbocycles. The summed E-state index contributed by atoms with van der Waals surface area (Å²) in [5, 5.41) is 0.806. The summed E-state index contributed by atoms with van der Waals surface area (Å²) in [5.41, 5.74) is 0.581. The molecule has 0 saturated carbocycles. The Hall–Kier alpha value is -1.12. The molecule has 0 amide bonds. The first kappa shape index (κ1) is 19.2. The summed E-state index contributed by atoms with van der Waals surface area (Å²) in [6, 6.07) is 9.20.